The molecule has 0 atom stereocenters. The van der Waals surface area contributed by atoms with Gasteiger partial charge in [0.25, 0.3) is 10.0 Å². The molecule has 0 aromatic carbocycles. The maximum absolute atomic E-state index is 12.9. The lowest BCUT2D eigenvalue weighted by Gasteiger charge is -2.13. The summed E-state index contributed by atoms with van der Waals surface area (Å²) in [7, 11) is -0.797. The number of methoxy groups -OCH3 is 1. The first kappa shape index (κ1) is 17.9. The van der Waals surface area contributed by atoms with Crippen molar-refractivity contribution in [1.82, 2.24) is 29.5 Å². The highest BCUT2D eigenvalue weighted by molar-refractivity contribution is 7.92. The molecule has 0 fully saturated rings. The third-order valence-electron chi connectivity index (χ3n) is 4.16. The number of nitrogens with zero attached hydrogens (tertiary/aromatic N) is 6. The van der Waals surface area contributed by atoms with E-state index in [0.29, 0.717) is 16.7 Å². The lowest BCUT2D eigenvalue weighted by atomic mass is 10.3. The van der Waals surface area contributed by atoms with Crippen LogP contribution in [0.2, 0.25) is 0 Å². The molecule has 4 heterocycles. The van der Waals surface area contributed by atoms with Crippen LogP contribution in [0.3, 0.4) is 0 Å². The van der Waals surface area contributed by atoms with Gasteiger partial charge >= 0.3 is 0 Å². The smallest absolute Gasteiger partial charge is 0.263 e. The van der Waals surface area contributed by atoms with Gasteiger partial charge in [-0.05, 0) is 25.1 Å². The molecule has 0 saturated heterocycles. The maximum atomic E-state index is 12.9. The van der Waals surface area contributed by atoms with Crippen molar-refractivity contribution in [3.63, 3.8) is 0 Å². The van der Waals surface area contributed by atoms with Gasteiger partial charge in [0.2, 0.25) is 5.88 Å². The van der Waals surface area contributed by atoms with Gasteiger partial charge in [-0.2, -0.15) is 10.2 Å². The predicted molar refractivity (Wildman–Crippen MR) is 102 cm³/mol. The number of nitrogens with one attached hydrogen (secondary N) is 1. The number of pyridine rings is 2. The Morgan fingerprint density at radius 3 is 2.57 bits per heavy atom. The average Bonchev–Trinajstić information content (AvgIpc) is 3.28. The summed E-state index contributed by atoms with van der Waals surface area (Å²) < 4.78 is 36.7. The van der Waals surface area contributed by atoms with Crippen LogP contribution in [-0.2, 0) is 17.1 Å². The van der Waals surface area contributed by atoms with Gasteiger partial charge in [-0.3, -0.25) is 9.40 Å². The molecule has 0 bridgehead atoms. The standard InChI is InChI=1S/C17H17N7O3S/c1-11-6-7-24(21-11)14-5-4-13(10-18-14)28(25,26)22-15-16-12(9-20-23(16)2)8-19-17(15)27-3/h4-10,22H,1-3H3. The summed E-state index contributed by atoms with van der Waals surface area (Å²) in [6, 6.07) is 4.88. The van der Waals surface area contributed by atoms with Crippen molar-refractivity contribution in [3.8, 4) is 11.7 Å². The van der Waals surface area contributed by atoms with Crippen molar-refractivity contribution in [1.29, 1.82) is 0 Å². The van der Waals surface area contributed by atoms with Crippen LogP contribution in [-0.4, -0.2) is 45.1 Å². The second-order valence-corrected chi connectivity index (χ2v) is 7.76. The third-order valence-corrected chi connectivity index (χ3v) is 5.49. The molecule has 0 unspecified atom stereocenters. The summed E-state index contributed by atoms with van der Waals surface area (Å²) in [5, 5.41) is 9.09. The molecule has 0 aliphatic rings. The largest absolute Gasteiger partial charge is 0.479 e. The lowest BCUT2D eigenvalue weighted by molar-refractivity contribution is 0.400. The molecule has 0 saturated carbocycles. The molecular formula is C17H17N7O3S. The van der Waals surface area contributed by atoms with Gasteiger partial charge in [0.15, 0.2) is 5.82 Å². The molecule has 28 heavy (non-hydrogen) atoms. The Hall–Kier alpha value is -3.47. The molecule has 4 aromatic heterocycles. The summed E-state index contributed by atoms with van der Waals surface area (Å²) in [4.78, 5) is 8.34. The summed E-state index contributed by atoms with van der Waals surface area (Å²) in [6.07, 6.45) is 6.20. The quantitative estimate of drug-likeness (QED) is 0.542. The molecule has 0 aliphatic carbocycles. The van der Waals surface area contributed by atoms with Crippen molar-refractivity contribution < 1.29 is 13.2 Å². The van der Waals surface area contributed by atoms with Gasteiger partial charge in [0.1, 0.15) is 10.6 Å². The molecular weight excluding hydrogens is 382 g/mol. The van der Waals surface area contributed by atoms with Crippen LogP contribution in [0.25, 0.3) is 16.7 Å². The number of hydrogen-bond acceptors (Lipinski definition) is 7. The van der Waals surface area contributed by atoms with E-state index in [9.17, 15) is 8.42 Å². The van der Waals surface area contributed by atoms with Crippen LogP contribution < -0.4 is 9.46 Å². The number of ether oxygens (including phenoxy) is 1. The van der Waals surface area contributed by atoms with E-state index in [1.165, 1.54) is 19.4 Å². The molecule has 0 aliphatic heterocycles. The van der Waals surface area contributed by atoms with Gasteiger partial charge in [0.05, 0.1) is 24.5 Å². The summed E-state index contributed by atoms with van der Waals surface area (Å²) in [6.45, 7) is 1.86. The minimum absolute atomic E-state index is 0.00125. The number of anilines is 1. The van der Waals surface area contributed by atoms with E-state index in [1.54, 1.807) is 41.1 Å². The number of aryl methyl sites for hydroxylation is 2. The Kier molecular flexibility index (Phi) is 4.23. The van der Waals surface area contributed by atoms with Crippen LogP contribution >= 0.6 is 0 Å². The second kappa shape index (κ2) is 6.60. The predicted octanol–water partition coefficient (Wildman–Crippen LogP) is 1.67. The summed E-state index contributed by atoms with van der Waals surface area (Å²) in [5.74, 6) is 0.663. The Morgan fingerprint density at radius 2 is 1.93 bits per heavy atom. The lowest BCUT2D eigenvalue weighted by Crippen LogP contribution is -2.15. The van der Waals surface area contributed by atoms with E-state index < -0.39 is 10.0 Å². The fraction of sp³-hybridized carbons (Fsp3) is 0.176. The maximum Gasteiger partial charge on any atom is 0.263 e. The van der Waals surface area contributed by atoms with E-state index in [0.717, 1.165) is 5.69 Å². The Balaban J connectivity index is 1.72. The topological polar surface area (TPSA) is 117 Å². The molecule has 0 spiro atoms. The number of rotatable bonds is 5. The first-order valence-electron chi connectivity index (χ1n) is 8.25. The highest BCUT2D eigenvalue weighted by atomic mass is 32.2. The molecule has 10 nitrogen and oxygen atoms in total. The molecule has 144 valence electrons. The molecule has 11 heteroatoms. The normalized spacial score (nSPS) is 11.7. The zero-order valence-electron chi connectivity index (χ0n) is 15.4. The van der Waals surface area contributed by atoms with Crippen LogP contribution in [0.15, 0.2) is 47.9 Å². The zero-order chi connectivity index (χ0) is 19.9. The van der Waals surface area contributed by atoms with Crippen molar-refractivity contribution in [2.45, 2.75) is 11.8 Å². The summed E-state index contributed by atoms with van der Waals surface area (Å²) >= 11 is 0. The second-order valence-electron chi connectivity index (χ2n) is 6.07. The number of aromatic nitrogens is 6. The highest BCUT2D eigenvalue weighted by Gasteiger charge is 2.22. The first-order valence-corrected chi connectivity index (χ1v) is 9.73. The fourth-order valence-electron chi connectivity index (χ4n) is 2.80. The van der Waals surface area contributed by atoms with Crippen molar-refractivity contribution in [2.24, 2.45) is 7.05 Å². The van der Waals surface area contributed by atoms with Crippen molar-refractivity contribution >= 4 is 26.6 Å². The van der Waals surface area contributed by atoms with Crippen LogP contribution in [0, 0.1) is 6.92 Å². The minimum Gasteiger partial charge on any atom is -0.479 e. The highest BCUT2D eigenvalue weighted by Crippen LogP contribution is 2.32. The van der Waals surface area contributed by atoms with E-state index in [-0.39, 0.29) is 16.5 Å². The van der Waals surface area contributed by atoms with Crippen LogP contribution in [0.5, 0.6) is 5.88 Å². The molecule has 4 rings (SSSR count). The summed E-state index contributed by atoms with van der Waals surface area (Å²) in [5.41, 5.74) is 1.61. The minimum atomic E-state index is -3.93. The molecule has 0 radical (unpaired) electrons. The number of fused-ring (bicyclic) bond motifs is 1. The van der Waals surface area contributed by atoms with Crippen LogP contribution in [0.1, 0.15) is 5.69 Å². The van der Waals surface area contributed by atoms with Gasteiger partial charge in [-0.15, -0.1) is 0 Å². The SMILES string of the molecule is COc1ncc2cnn(C)c2c1NS(=O)(=O)c1ccc(-n2ccc(C)n2)nc1. The van der Waals surface area contributed by atoms with E-state index in [2.05, 4.69) is 24.9 Å². The monoisotopic (exact) mass is 399 g/mol. The number of sulfonamides is 1. The van der Waals surface area contributed by atoms with Crippen LogP contribution in [0.4, 0.5) is 5.69 Å². The van der Waals surface area contributed by atoms with Crippen molar-refractivity contribution in [3.05, 3.63) is 48.7 Å². The zero-order valence-corrected chi connectivity index (χ0v) is 16.2. The van der Waals surface area contributed by atoms with Gasteiger partial charge in [0, 0.05) is 31.0 Å². The van der Waals surface area contributed by atoms with E-state index in [4.69, 9.17) is 4.74 Å². The third kappa shape index (κ3) is 3.05. The fourth-order valence-corrected chi connectivity index (χ4v) is 3.81. The van der Waals surface area contributed by atoms with Gasteiger partial charge in [-0.1, -0.05) is 0 Å². The van der Waals surface area contributed by atoms with E-state index >= 15 is 0 Å². The molecule has 1 N–H and O–H groups in total. The van der Waals surface area contributed by atoms with E-state index in [1.807, 2.05) is 13.0 Å². The van der Waals surface area contributed by atoms with Gasteiger partial charge < -0.3 is 4.74 Å². The average molecular weight is 399 g/mol. The van der Waals surface area contributed by atoms with Gasteiger partial charge in [-0.25, -0.2) is 23.1 Å². The molecule has 4 aromatic rings. The van der Waals surface area contributed by atoms with Crippen molar-refractivity contribution in [2.75, 3.05) is 11.8 Å². The first-order chi connectivity index (χ1) is 13.4. The Bertz CT molecular complexity index is 1260. The Labute approximate surface area is 160 Å². The Morgan fingerprint density at radius 1 is 1.11 bits per heavy atom. The molecule has 0 amide bonds. The number of hydrogen-bond donors (Lipinski definition) is 1.